The van der Waals surface area contributed by atoms with Gasteiger partial charge in [-0.05, 0) is 46.3 Å². The van der Waals surface area contributed by atoms with Gasteiger partial charge in [-0.3, -0.25) is 14.9 Å². The van der Waals surface area contributed by atoms with Crippen LogP contribution in [0, 0.1) is 10.1 Å². The van der Waals surface area contributed by atoms with E-state index >= 15 is 0 Å². The third-order valence-electron chi connectivity index (χ3n) is 4.47. The number of non-ortho nitro benzene ring substituents is 1. The number of thiazole rings is 1. The van der Waals surface area contributed by atoms with E-state index in [0.29, 0.717) is 31.0 Å². The van der Waals surface area contributed by atoms with Crippen LogP contribution < -0.4 is 10.1 Å². The van der Waals surface area contributed by atoms with Crippen LogP contribution in [0.15, 0.2) is 68.3 Å². The highest BCUT2D eigenvalue weighted by Crippen LogP contribution is 2.32. The number of hydrogen-bond donors (Lipinski definition) is 0. The smallest absolute Gasteiger partial charge is 0.275 e. The number of nitrogens with zero attached hydrogens (tertiary/aromatic N) is 3. The molecule has 0 aliphatic heterocycles. The van der Waals surface area contributed by atoms with E-state index in [4.69, 9.17) is 4.42 Å². The van der Waals surface area contributed by atoms with Crippen LogP contribution in [-0.2, 0) is 0 Å². The highest BCUT2D eigenvalue weighted by atomic mass is 79.9. The van der Waals surface area contributed by atoms with Crippen LogP contribution >= 0.6 is 27.3 Å². The second kappa shape index (κ2) is 6.64. The number of furan rings is 1. The van der Waals surface area contributed by atoms with E-state index in [2.05, 4.69) is 20.9 Å². The number of fused-ring (bicyclic) bond motifs is 3. The summed E-state index contributed by atoms with van der Waals surface area (Å²) in [6.07, 6.45) is 1.68. The molecule has 0 saturated carbocycles. The summed E-state index contributed by atoms with van der Waals surface area (Å²) in [4.78, 5) is 28.4. The fourth-order valence-electron chi connectivity index (χ4n) is 3.13. The first-order valence-electron chi connectivity index (χ1n) is 8.47. The SMILES string of the molecule is O=c1/c(=C/c2ccc(-c3ccc([N+](=O)[O-])cc3Br)o2)sc2nc3ccccc3n12. The fourth-order valence-corrected chi connectivity index (χ4v) is 4.66. The average Bonchev–Trinajstić information content (AvgIpc) is 3.38. The highest BCUT2D eigenvalue weighted by molar-refractivity contribution is 9.10. The van der Waals surface area contributed by atoms with Crippen molar-refractivity contribution in [2.75, 3.05) is 0 Å². The molecule has 142 valence electrons. The van der Waals surface area contributed by atoms with Crippen molar-refractivity contribution in [3.63, 3.8) is 0 Å². The van der Waals surface area contributed by atoms with Gasteiger partial charge in [0.2, 0.25) is 0 Å². The predicted molar refractivity (Wildman–Crippen MR) is 114 cm³/mol. The number of para-hydroxylation sites is 2. The summed E-state index contributed by atoms with van der Waals surface area (Å²) in [5, 5.41) is 10.9. The van der Waals surface area contributed by atoms with Gasteiger partial charge in [0.15, 0.2) is 4.96 Å². The molecule has 0 spiro atoms. The Kier molecular flexibility index (Phi) is 4.07. The van der Waals surface area contributed by atoms with Crippen molar-refractivity contribution in [3.8, 4) is 11.3 Å². The molecule has 29 heavy (non-hydrogen) atoms. The third-order valence-corrected chi connectivity index (χ3v) is 6.10. The maximum Gasteiger partial charge on any atom is 0.275 e. The maximum atomic E-state index is 12.8. The molecule has 7 nitrogen and oxygen atoms in total. The van der Waals surface area contributed by atoms with Crippen molar-refractivity contribution >= 4 is 55.0 Å². The minimum atomic E-state index is -0.456. The third kappa shape index (κ3) is 2.95. The number of nitro groups is 1. The molecule has 0 aliphatic rings. The van der Waals surface area contributed by atoms with Crippen LogP contribution in [0.3, 0.4) is 0 Å². The van der Waals surface area contributed by atoms with Gasteiger partial charge in [-0.1, -0.05) is 23.5 Å². The molecule has 0 amide bonds. The van der Waals surface area contributed by atoms with Gasteiger partial charge in [0.05, 0.1) is 16.0 Å². The van der Waals surface area contributed by atoms with Gasteiger partial charge in [0, 0.05) is 28.2 Å². The molecule has 0 unspecified atom stereocenters. The summed E-state index contributed by atoms with van der Waals surface area (Å²) in [5.74, 6) is 1.05. The molecule has 0 radical (unpaired) electrons. The van der Waals surface area contributed by atoms with Gasteiger partial charge < -0.3 is 4.42 Å². The van der Waals surface area contributed by atoms with E-state index in [1.807, 2.05) is 24.3 Å². The number of rotatable bonds is 3. The molecule has 5 aromatic rings. The minimum absolute atomic E-state index is 0.0101. The maximum absolute atomic E-state index is 12.8. The monoisotopic (exact) mass is 467 g/mol. The van der Waals surface area contributed by atoms with Gasteiger partial charge in [-0.25, -0.2) is 9.38 Å². The van der Waals surface area contributed by atoms with E-state index in [9.17, 15) is 14.9 Å². The molecule has 0 fully saturated rings. The summed E-state index contributed by atoms with van der Waals surface area (Å²) in [6, 6.07) is 15.5. The zero-order valence-electron chi connectivity index (χ0n) is 14.5. The standard InChI is InChI=1S/C20H10BrN3O4S/c21-14-9-11(24(26)27)5-7-13(14)17-8-6-12(28-17)10-18-19(25)23-16-4-2-1-3-15(16)22-20(23)29-18/h1-10H/b18-10-. The zero-order chi connectivity index (χ0) is 20.1. The topological polar surface area (TPSA) is 90.6 Å². The van der Waals surface area contributed by atoms with Crippen molar-refractivity contribution in [2.24, 2.45) is 0 Å². The van der Waals surface area contributed by atoms with Gasteiger partial charge in [-0.15, -0.1) is 0 Å². The van der Waals surface area contributed by atoms with Crippen LogP contribution in [0.25, 0.3) is 33.4 Å². The van der Waals surface area contributed by atoms with Crippen molar-refractivity contribution in [1.29, 1.82) is 0 Å². The lowest BCUT2D eigenvalue weighted by atomic mass is 10.1. The molecule has 0 aliphatic carbocycles. The van der Waals surface area contributed by atoms with E-state index in [1.165, 1.54) is 23.5 Å². The number of halogens is 1. The van der Waals surface area contributed by atoms with Crippen LogP contribution in [0.5, 0.6) is 0 Å². The van der Waals surface area contributed by atoms with E-state index in [-0.39, 0.29) is 11.2 Å². The van der Waals surface area contributed by atoms with Crippen molar-refractivity contribution < 1.29 is 9.34 Å². The molecule has 0 N–H and O–H groups in total. The summed E-state index contributed by atoms with van der Waals surface area (Å²) < 4.78 is 8.52. The Bertz CT molecular complexity index is 1530. The molecule has 2 aromatic carbocycles. The van der Waals surface area contributed by atoms with Crippen LogP contribution in [0.4, 0.5) is 5.69 Å². The van der Waals surface area contributed by atoms with Gasteiger partial charge in [-0.2, -0.15) is 0 Å². The van der Waals surface area contributed by atoms with E-state index in [1.54, 1.807) is 28.7 Å². The van der Waals surface area contributed by atoms with Crippen molar-refractivity contribution in [3.05, 3.63) is 89.8 Å². The number of benzene rings is 2. The molecular weight excluding hydrogens is 458 g/mol. The van der Waals surface area contributed by atoms with Gasteiger partial charge in [0.25, 0.3) is 11.2 Å². The molecule has 9 heteroatoms. The number of nitro benzene ring substituents is 1. The minimum Gasteiger partial charge on any atom is -0.457 e. The summed E-state index contributed by atoms with van der Waals surface area (Å²) in [5.41, 5.74) is 2.09. The largest absolute Gasteiger partial charge is 0.457 e. The van der Waals surface area contributed by atoms with Crippen molar-refractivity contribution in [1.82, 2.24) is 9.38 Å². The molecule has 3 heterocycles. The van der Waals surface area contributed by atoms with Crippen molar-refractivity contribution in [2.45, 2.75) is 0 Å². The number of aromatic nitrogens is 2. The Morgan fingerprint density at radius 2 is 2.00 bits per heavy atom. The Morgan fingerprint density at radius 3 is 2.79 bits per heavy atom. The van der Waals surface area contributed by atoms with Crippen LogP contribution in [0.1, 0.15) is 5.76 Å². The summed E-state index contributed by atoms with van der Waals surface area (Å²) >= 11 is 4.64. The molecule has 0 saturated heterocycles. The van der Waals surface area contributed by atoms with Crippen LogP contribution in [0.2, 0.25) is 0 Å². The first-order valence-corrected chi connectivity index (χ1v) is 10.1. The first kappa shape index (κ1) is 17.8. The summed E-state index contributed by atoms with van der Waals surface area (Å²) in [7, 11) is 0. The molecular formula is C20H10BrN3O4S. The summed E-state index contributed by atoms with van der Waals surface area (Å²) in [6.45, 7) is 0. The second-order valence-electron chi connectivity index (χ2n) is 6.26. The highest BCUT2D eigenvalue weighted by Gasteiger charge is 2.14. The Morgan fingerprint density at radius 1 is 1.17 bits per heavy atom. The van der Waals surface area contributed by atoms with Gasteiger partial charge in [0.1, 0.15) is 16.1 Å². The first-order chi connectivity index (χ1) is 14.0. The second-order valence-corrected chi connectivity index (χ2v) is 8.12. The Balaban J connectivity index is 1.58. The lowest BCUT2D eigenvalue weighted by Gasteiger charge is -2.00. The zero-order valence-corrected chi connectivity index (χ0v) is 16.9. The Labute approximate surface area is 174 Å². The number of hydrogen-bond acceptors (Lipinski definition) is 6. The molecule has 0 bridgehead atoms. The Hall–Kier alpha value is -3.30. The lowest BCUT2D eigenvalue weighted by molar-refractivity contribution is -0.384. The number of imidazole rings is 1. The predicted octanol–water partition coefficient (Wildman–Crippen LogP) is 4.39. The van der Waals surface area contributed by atoms with E-state index in [0.717, 1.165) is 11.0 Å². The quantitative estimate of drug-likeness (QED) is 0.290. The normalized spacial score (nSPS) is 12.2. The average molecular weight is 468 g/mol. The van der Waals surface area contributed by atoms with Gasteiger partial charge >= 0.3 is 0 Å². The lowest BCUT2D eigenvalue weighted by Crippen LogP contribution is -2.22. The molecule has 3 aromatic heterocycles. The molecule has 0 atom stereocenters. The fraction of sp³-hybridized carbons (Fsp3) is 0. The van der Waals surface area contributed by atoms with Crippen LogP contribution in [-0.4, -0.2) is 14.3 Å². The van der Waals surface area contributed by atoms with E-state index < -0.39 is 4.92 Å². The molecule has 5 rings (SSSR count).